The van der Waals surface area contributed by atoms with E-state index < -0.39 is 23.6 Å². The molecule has 0 bridgehead atoms. The maximum atomic E-state index is 12.8. The molecule has 11 heteroatoms. The molecule has 2 rings (SSSR count). The van der Waals surface area contributed by atoms with Crippen molar-refractivity contribution in [1.29, 1.82) is 0 Å². The summed E-state index contributed by atoms with van der Waals surface area (Å²) in [5.41, 5.74) is 1.64. The van der Waals surface area contributed by atoms with Gasteiger partial charge in [-0.2, -0.15) is 18.3 Å². The van der Waals surface area contributed by atoms with Gasteiger partial charge < -0.3 is 14.8 Å². The van der Waals surface area contributed by atoms with Crippen molar-refractivity contribution in [3.63, 3.8) is 0 Å². The lowest BCUT2D eigenvalue weighted by atomic mass is 10.2. The van der Waals surface area contributed by atoms with Crippen molar-refractivity contribution in [1.82, 2.24) is 5.43 Å². The van der Waals surface area contributed by atoms with Crippen molar-refractivity contribution in [2.24, 2.45) is 5.10 Å². The first-order chi connectivity index (χ1) is 14.5. The number of ether oxygens (including phenoxy) is 2. The smallest absolute Gasteiger partial charge is 0.416 e. The molecular formula is C20H19ClF3N3O4. The van der Waals surface area contributed by atoms with Crippen LogP contribution in [0.3, 0.4) is 0 Å². The summed E-state index contributed by atoms with van der Waals surface area (Å²) < 4.78 is 48.7. The van der Waals surface area contributed by atoms with Crippen LogP contribution >= 0.6 is 11.6 Å². The molecule has 0 aliphatic heterocycles. The van der Waals surface area contributed by atoms with Crippen molar-refractivity contribution in [2.45, 2.75) is 19.5 Å². The van der Waals surface area contributed by atoms with E-state index in [9.17, 15) is 22.8 Å². The topological polar surface area (TPSA) is 89.0 Å². The second-order valence-corrected chi connectivity index (χ2v) is 6.68. The van der Waals surface area contributed by atoms with Gasteiger partial charge in [0.15, 0.2) is 11.5 Å². The van der Waals surface area contributed by atoms with Gasteiger partial charge in [-0.1, -0.05) is 11.6 Å². The molecule has 2 aromatic rings. The Hall–Kier alpha value is -3.27. The number of benzene rings is 2. The number of rotatable bonds is 7. The molecule has 0 aromatic heterocycles. The van der Waals surface area contributed by atoms with Crippen LogP contribution in [0, 0.1) is 0 Å². The normalized spacial score (nSPS) is 11.6. The molecule has 31 heavy (non-hydrogen) atoms. The Morgan fingerprint density at radius 3 is 2.35 bits per heavy atom. The number of methoxy groups -OCH3 is 2. The van der Waals surface area contributed by atoms with E-state index in [4.69, 9.17) is 21.1 Å². The van der Waals surface area contributed by atoms with Gasteiger partial charge in [-0.05, 0) is 43.3 Å². The first-order valence-corrected chi connectivity index (χ1v) is 9.15. The van der Waals surface area contributed by atoms with Crippen molar-refractivity contribution in [2.75, 3.05) is 19.5 Å². The number of carbonyl (C=O) groups excluding carboxylic acids is 2. The lowest BCUT2D eigenvalue weighted by molar-refractivity contribution is -0.137. The lowest BCUT2D eigenvalue weighted by Gasteiger charge is -2.11. The molecule has 2 amide bonds. The number of nitrogens with zero attached hydrogens (tertiary/aromatic N) is 1. The average molecular weight is 458 g/mol. The number of hydrogen-bond acceptors (Lipinski definition) is 5. The highest BCUT2D eigenvalue weighted by Crippen LogP contribution is 2.33. The van der Waals surface area contributed by atoms with Crippen LogP contribution < -0.4 is 20.2 Å². The minimum absolute atomic E-state index is 0.0438. The molecule has 2 aromatic carbocycles. The van der Waals surface area contributed by atoms with Crippen LogP contribution in [0.1, 0.15) is 29.3 Å². The van der Waals surface area contributed by atoms with Crippen LogP contribution in [-0.2, 0) is 11.0 Å². The fourth-order valence-electron chi connectivity index (χ4n) is 2.45. The Kier molecular flexibility index (Phi) is 7.87. The van der Waals surface area contributed by atoms with E-state index in [1.807, 2.05) is 0 Å². The van der Waals surface area contributed by atoms with E-state index >= 15 is 0 Å². The zero-order chi connectivity index (χ0) is 23.2. The highest BCUT2D eigenvalue weighted by Gasteiger charge is 2.31. The number of carbonyl (C=O) groups is 2. The molecule has 2 N–H and O–H groups in total. The second-order valence-electron chi connectivity index (χ2n) is 6.28. The summed E-state index contributed by atoms with van der Waals surface area (Å²) in [6.45, 7) is 1.47. The van der Waals surface area contributed by atoms with E-state index in [1.54, 1.807) is 6.07 Å². The Morgan fingerprint density at radius 1 is 1.06 bits per heavy atom. The predicted molar refractivity (Wildman–Crippen MR) is 110 cm³/mol. The molecule has 0 atom stereocenters. The van der Waals surface area contributed by atoms with Gasteiger partial charge in [0, 0.05) is 11.3 Å². The number of hydrogen-bond donors (Lipinski definition) is 2. The predicted octanol–water partition coefficient (Wildman–Crippen LogP) is 4.51. The summed E-state index contributed by atoms with van der Waals surface area (Å²) in [5.74, 6) is -0.402. The van der Waals surface area contributed by atoms with Crippen LogP contribution in [0.25, 0.3) is 0 Å². The van der Waals surface area contributed by atoms with Gasteiger partial charge in [0.2, 0.25) is 5.91 Å². The van der Waals surface area contributed by atoms with Gasteiger partial charge in [-0.15, -0.1) is 0 Å². The van der Waals surface area contributed by atoms with E-state index in [0.29, 0.717) is 11.5 Å². The largest absolute Gasteiger partial charge is 0.493 e. The number of anilines is 1. The van der Waals surface area contributed by atoms with Crippen molar-refractivity contribution < 1.29 is 32.2 Å². The Balaban J connectivity index is 2.01. The third kappa shape index (κ3) is 6.61. The van der Waals surface area contributed by atoms with E-state index in [2.05, 4.69) is 15.8 Å². The van der Waals surface area contributed by atoms with Gasteiger partial charge in [0.1, 0.15) is 0 Å². The Morgan fingerprint density at radius 2 is 1.74 bits per heavy atom. The molecule has 0 spiro atoms. The Labute approximate surface area is 181 Å². The van der Waals surface area contributed by atoms with Crippen molar-refractivity contribution in [3.8, 4) is 11.5 Å². The highest BCUT2D eigenvalue weighted by atomic mass is 35.5. The van der Waals surface area contributed by atoms with Crippen LogP contribution in [0.2, 0.25) is 5.02 Å². The zero-order valence-corrected chi connectivity index (χ0v) is 17.5. The van der Waals surface area contributed by atoms with Gasteiger partial charge in [-0.3, -0.25) is 9.59 Å². The molecule has 0 fully saturated rings. The van der Waals surface area contributed by atoms with Crippen LogP contribution in [0.5, 0.6) is 11.5 Å². The van der Waals surface area contributed by atoms with Crippen LogP contribution in [0.4, 0.5) is 18.9 Å². The van der Waals surface area contributed by atoms with Crippen LogP contribution in [0.15, 0.2) is 41.5 Å². The van der Waals surface area contributed by atoms with Gasteiger partial charge in [0.25, 0.3) is 5.91 Å². The maximum Gasteiger partial charge on any atom is 0.416 e. The molecule has 0 radical (unpaired) electrons. The second kappa shape index (κ2) is 10.2. The molecule has 166 valence electrons. The third-order valence-electron chi connectivity index (χ3n) is 3.98. The minimum atomic E-state index is -4.57. The quantitative estimate of drug-likeness (QED) is 0.473. The minimum Gasteiger partial charge on any atom is -0.493 e. The molecule has 0 aliphatic rings. The number of alkyl halides is 3. The molecule has 0 unspecified atom stereocenters. The lowest BCUT2D eigenvalue weighted by Crippen LogP contribution is -2.21. The summed E-state index contributed by atoms with van der Waals surface area (Å²) in [4.78, 5) is 24.4. The summed E-state index contributed by atoms with van der Waals surface area (Å²) in [7, 11) is 2.89. The SMILES string of the molecule is COc1ccc(C(=O)N/N=C(\C)CC(=O)Nc2cc(C(F)(F)F)ccc2Cl)cc1OC. The third-order valence-corrected chi connectivity index (χ3v) is 4.31. The number of hydrazone groups is 1. The van der Waals surface area contributed by atoms with Gasteiger partial charge in [0.05, 0.1) is 36.9 Å². The highest BCUT2D eigenvalue weighted by molar-refractivity contribution is 6.33. The molecule has 0 saturated carbocycles. The van der Waals surface area contributed by atoms with E-state index in [-0.39, 0.29) is 28.4 Å². The fourth-order valence-corrected chi connectivity index (χ4v) is 2.62. The molecule has 7 nitrogen and oxygen atoms in total. The molecule has 0 aliphatic carbocycles. The van der Waals surface area contributed by atoms with Crippen molar-refractivity contribution in [3.05, 3.63) is 52.5 Å². The summed E-state index contributed by atoms with van der Waals surface area (Å²) in [6.07, 6.45) is -4.85. The summed E-state index contributed by atoms with van der Waals surface area (Å²) in [5, 5.41) is 6.09. The number of nitrogens with one attached hydrogen (secondary N) is 2. The molecular weight excluding hydrogens is 439 g/mol. The monoisotopic (exact) mass is 457 g/mol. The molecule has 0 saturated heterocycles. The summed E-state index contributed by atoms with van der Waals surface area (Å²) >= 11 is 5.86. The van der Waals surface area contributed by atoms with Gasteiger partial charge in [-0.25, -0.2) is 5.43 Å². The van der Waals surface area contributed by atoms with Gasteiger partial charge >= 0.3 is 6.18 Å². The van der Waals surface area contributed by atoms with Crippen LogP contribution in [-0.4, -0.2) is 31.7 Å². The zero-order valence-electron chi connectivity index (χ0n) is 16.8. The summed E-state index contributed by atoms with van der Waals surface area (Å²) in [6, 6.07) is 7.12. The Bertz CT molecular complexity index is 1010. The van der Waals surface area contributed by atoms with E-state index in [1.165, 1.54) is 33.3 Å². The van der Waals surface area contributed by atoms with E-state index in [0.717, 1.165) is 18.2 Å². The number of amides is 2. The average Bonchev–Trinajstić information content (AvgIpc) is 2.72. The molecule has 0 heterocycles. The standard InChI is InChI=1S/C20H19ClF3N3O4/c1-11(26-27-19(29)12-4-7-16(30-2)17(9-12)31-3)8-18(28)25-15-10-13(20(22,23)24)5-6-14(15)21/h4-7,9-10H,8H2,1-3H3,(H,25,28)(H,27,29)/b26-11+. The fraction of sp³-hybridized carbons (Fsp3) is 0.250. The first-order valence-electron chi connectivity index (χ1n) is 8.77. The van der Waals surface area contributed by atoms with Crippen molar-refractivity contribution >= 4 is 34.8 Å². The first kappa shape index (κ1) is 24.0. The maximum absolute atomic E-state index is 12.8. The number of halogens is 4.